The minimum atomic E-state index is -0.961. The zero-order valence-electron chi connectivity index (χ0n) is 18.2. The maximum absolute atomic E-state index is 13.5. The first kappa shape index (κ1) is 22.7. The molecule has 11 heteroatoms. The van der Waals surface area contributed by atoms with E-state index in [1.165, 1.54) is 17.1 Å². The molecule has 0 spiro atoms. The van der Waals surface area contributed by atoms with Crippen LogP contribution in [-0.2, 0) is 28.7 Å². The number of carbonyl (C=O) groups is 5. The second-order valence-electron chi connectivity index (χ2n) is 8.20. The van der Waals surface area contributed by atoms with Crippen molar-refractivity contribution in [2.24, 2.45) is 0 Å². The van der Waals surface area contributed by atoms with E-state index in [1.807, 2.05) is 0 Å². The van der Waals surface area contributed by atoms with E-state index < -0.39 is 48.1 Å². The van der Waals surface area contributed by atoms with Crippen LogP contribution >= 0.6 is 0 Å². The lowest BCUT2D eigenvalue weighted by Gasteiger charge is -2.43. The lowest BCUT2D eigenvalue weighted by Crippen LogP contribution is -2.64. The molecule has 4 rings (SSSR count). The van der Waals surface area contributed by atoms with Crippen molar-refractivity contribution >= 4 is 29.6 Å². The summed E-state index contributed by atoms with van der Waals surface area (Å²) in [5.41, 5.74) is 0.391. The molecular weight excluding hydrogens is 432 g/mol. The molecule has 1 aromatic rings. The zero-order valence-corrected chi connectivity index (χ0v) is 18.2. The fourth-order valence-corrected chi connectivity index (χ4v) is 4.38. The molecular formula is C22H26N4O7. The van der Waals surface area contributed by atoms with Crippen molar-refractivity contribution in [3.05, 3.63) is 35.9 Å². The topological polar surface area (TPSA) is 134 Å². The van der Waals surface area contributed by atoms with E-state index in [0.717, 1.165) is 0 Å². The number of fused-ring (bicyclic) bond motifs is 1. The van der Waals surface area contributed by atoms with E-state index in [-0.39, 0.29) is 25.2 Å². The normalized spacial score (nSPS) is 27.5. The number of hydrogen-bond acceptors (Lipinski definition) is 7. The third-order valence-corrected chi connectivity index (χ3v) is 6.03. The van der Waals surface area contributed by atoms with Gasteiger partial charge in [-0.2, -0.15) is 0 Å². The summed E-state index contributed by atoms with van der Waals surface area (Å²) >= 11 is 0. The number of nitrogens with one attached hydrogen (secondary N) is 2. The van der Waals surface area contributed by atoms with Gasteiger partial charge in [-0.1, -0.05) is 18.2 Å². The van der Waals surface area contributed by atoms with Gasteiger partial charge in [-0.3, -0.25) is 29.0 Å². The first-order valence-electron chi connectivity index (χ1n) is 10.9. The number of hydrogen-bond donors (Lipinski definition) is 2. The molecule has 4 atom stereocenters. The van der Waals surface area contributed by atoms with Crippen LogP contribution in [0, 0.1) is 0 Å². The summed E-state index contributed by atoms with van der Waals surface area (Å²) in [7, 11) is 1.36. The van der Waals surface area contributed by atoms with Crippen molar-refractivity contribution in [1.82, 2.24) is 20.7 Å². The quantitative estimate of drug-likeness (QED) is 0.580. The fourth-order valence-electron chi connectivity index (χ4n) is 4.38. The molecule has 3 fully saturated rings. The van der Waals surface area contributed by atoms with E-state index in [0.29, 0.717) is 24.9 Å². The highest BCUT2D eigenvalue weighted by atomic mass is 16.7. The van der Waals surface area contributed by atoms with Crippen LogP contribution in [-0.4, -0.2) is 77.7 Å². The molecule has 3 aliphatic heterocycles. The van der Waals surface area contributed by atoms with Gasteiger partial charge in [0.1, 0.15) is 18.1 Å². The van der Waals surface area contributed by atoms with Gasteiger partial charge in [-0.15, -0.1) is 0 Å². The van der Waals surface area contributed by atoms with Crippen LogP contribution in [0.5, 0.6) is 0 Å². The number of benzene rings is 1. The summed E-state index contributed by atoms with van der Waals surface area (Å²) in [4.78, 5) is 63.6. The van der Waals surface area contributed by atoms with E-state index in [4.69, 9.17) is 9.47 Å². The van der Waals surface area contributed by atoms with Crippen molar-refractivity contribution in [1.29, 1.82) is 0 Å². The first-order chi connectivity index (χ1) is 15.9. The number of carbonyl (C=O) groups excluding carboxylic acids is 5. The predicted molar refractivity (Wildman–Crippen MR) is 112 cm³/mol. The molecule has 0 radical (unpaired) electrons. The summed E-state index contributed by atoms with van der Waals surface area (Å²) in [6, 6.07) is 5.84. The van der Waals surface area contributed by atoms with Crippen LogP contribution in [0.4, 0.5) is 0 Å². The summed E-state index contributed by atoms with van der Waals surface area (Å²) in [6.07, 6.45) is 0.0907. The molecule has 33 heavy (non-hydrogen) atoms. The SMILES string of the molecule is COC1OC(=O)CC1NC(=O)[C@@H]1CCCN2C(=O)CC[C@H](NC(=O)c3ccccc3)C(=O)N12. The van der Waals surface area contributed by atoms with Gasteiger partial charge in [0.25, 0.3) is 11.8 Å². The predicted octanol–water partition coefficient (Wildman–Crippen LogP) is -0.282. The highest BCUT2D eigenvalue weighted by molar-refractivity contribution is 5.99. The number of ether oxygens (including phenoxy) is 2. The lowest BCUT2D eigenvalue weighted by molar-refractivity contribution is -0.177. The van der Waals surface area contributed by atoms with E-state index >= 15 is 0 Å². The summed E-state index contributed by atoms with van der Waals surface area (Å²) in [5, 5.41) is 7.90. The summed E-state index contributed by atoms with van der Waals surface area (Å²) in [5.74, 6) is -2.25. The van der Waals surface area contributed by atoms with Crippen LogP contribution in [0.1, 0.15) is 42.5 Å². The molecule has 3 heterocycles. The smallest absolute Gasteiger partial charge is 0.310 e. The Balaban J connectivity index is 1.53. The van der Waals surface area contributed by atoms with Gasteiger partial charge < -0.3 is 20.1 Å². The van der Waals surface area contributed by atoms with Crippen molar-refractivity contribution in [2.75, 3.05) is 13.7 Å². The first-order valence-corrected chi connectivity index (χ1v) is 10.9. The molecule has 0 saturated carbocycles. The van der Waals surface area contributed by atoms with Gasteiger partial charge in [0, 0.05) is 25.6 Å². The second-order valence-corrected chi connectivity index (χ2v) is 8.20. The van der Waals surface area contributed by atoms with Gasteiger partial charge in [-0.25, -0.2) is 5.01 Å². The van der Waals surface area contributed by atoms with Crippen molar-refractivity contribution in [3.8, 4) is 0 Å². The zero-order chi connectivity index (χ0) is 23.5. The molecule has 2 unspecified atom stereocenters. The van der Waals surface area contributed by atoms with E-state index in [2.05, 4.69) is 10.6 Å². The number of methoxy groups -OCH3 is 1. The maximum atomic E-state index is 13.5. The Hall–Kier alpha value is -3.47. The molecule has 11 nitrogen and oxygen atoms in total. The van der Waals surface area contributed by atoms with Crippen LogP contribution in [0.2, 0.25) is 0 Å². The molecule has 0 aliphatic carbocycles. The van der Waals surface area contributed by atoms with Gasteiger partial charge in [-0.05, 0) is 31.4 Å². The average Bonchev–Trinajstić information content (AvgIpc) is 3.14. The van der Waals surface area contributed by atoms with E-state index in [1.54, 1.807) is 30.3 Å². The van der Waals surface area contributed by atoms with Gasteiger partial charge in [0.15, 0.2) is 0 Å². The van der Waals surface area contributed by atoms with Crippen LogP contribution in [0.3, 0.4) is 0 Å². The number of cyclic esters (lactones) is 1. The van der Waals surface area contributed by atoms with Gasteiger partial charge >= 0.3 is 5.97 Å². The summed E-state index contributed by atoms with van der Waals surface area (Å²) in [6.45, 7) is 0.305. The average molecular weight is 458 g/mol. The fraction of sp³-hybridized carbons (Fsp3) is 0.500. The number of rotatable bonds is 5. The van der Waals surface area contributed by atoms with Gasteiger partial charge in [0.2, 0.25) is 18.1 Å². The number of hydrazine groups is 1. The monoisotopic (exact) mass is 458 g/mol. The molecule has 0 aromatic heterocycles. The highest BCUT2D eigenvalue weighted by Gasteiger charge is 2.46. The molecule has 1 aromatic carbocycles. The van der Waals surface area contributed by atoms with Crippen molar-refractivity contribution in [2.45, 2.75) is 56.5 Å². The Morgan fingerprint density at radius 1 is 1.09 bits per heavy atom. The Kier molecular flexibility index (Phi) is 6.59. The standard InChI is InChI=1S/C22H26N4O7/c1-32-22-15(12-18(28)33-22)24-20(30)16-8-5-11-25-17(27)10-9-14(21(31)26(16)25)23-19(29)13-6-3-2-4-7-13/h2-4,6-7,14-16,22H,5,8-12H2,1H3,(H,23,29)(H,24,30)/t14-,15?,16-,22?/m0/s1. The lowest BCUT2D eigenvalue weighted by atomic mass is 10.0. The number of amides is 4. The minimum Gasteiger partial charge on any atom is -0.433 e. The largest absolute Gasteiger partial charge is 0.433 e. The number of esters is 1. The van der Waals surface area contributed by atoms with E-state index in [9.17, 15) is 24.0 Å². The second kappa shape index (κ2) is 9.57. The molecule has 2 N–H and O–H groups in total. The van der Waals surface area contributed by atoms with Crippen molar-refractivity contribution < 1.29 is 33.4 Å². The third-order valence-electron chi connectivity index (χ3n) is 6.03. The van der Waals surface area contributed by atoms with Crippen LogP contribution in [0.15, 0.2) is 30.3 Å². The Morgan fingerprint density at radius 3 is 2.58 bits per heavy atom. The van der Waals surface area contributed by atoms with Crippen LogP contribution in [0.25, 0.3) is 0 Å². The maximum Gasteiger partial charge on any atom is 0.310 e. The molecule has 0 bridgehead atoms. The Labute approximate surface area is 190 Å². The Morgan fingerprint density at radius 2 is 1.85 bits per heavy atom. The molecule has 176 valence electrons. The van der Waals surface area contributed by atoms with Gasteiger partial charge in [0.05, 0.1) is 6.42 Å². The molecule has 3 saturated heterocycles. The summed E-state index contributed by atoms with van der Waals surface area (Å²) < 4.78 is 10.1. The highest BCUT2D eigenvalue weighted by Crippen LogP contribution is 2.26. The molecule has 3 aliphatic rings. The number of nitrogens with zero attached hydrogens (tertiary/aromatic N) is 2. The Bertz CT molecular complexity index is 953. The van der Waals surface area contributed by atoms with Crippen LogP contribution < -0.4 is 10.6 Å². The minimum absolute atomic E-state index is 0.0523. The third kappa shape index (κ3) is 4.68. The van der Waals surface area contributed by atoms with Crippen molar-refractivity contribution in [3.63, 3.8) is 0 Å². The molecule has 4 amide bonds.